The van der Waals surface area contributed by atoms with E-state index < -0.39 is 17.8 Å². The molecule has 0 saturated carbocycles. The average molecular weight is 509 g/mol. The van der Waals surface area contributed by atoms with Crippen molar-refractivity contribution in [2.75, 3.05) is 44.2 Å². The number of aromatic nitrogens is 1. The minimum absolute atomic E-state index is 0.141. The molecule has 0 bridgehead atoms. The maximum absolute atomic E-state index is 12.7. The molecule has 0 radical (unpaired) electrons. The van der Waals surface area contributed by atoms with Crippen molar-refractivity contribution >= 4 is 33.3 Å². The summed E-state index contributed by atoms with van der Waals surface area (Å²) in [5.74, 6) is 1.17. The zero-order valence-corrected chi connectivity index (χ0v) is 18.6. The summed E-state index contributed by atoms with van der Waals surface area (Å²) in [6.07, 6.45) is -4.20. The Balaban J connectivity index is 1.46. The van der Waals surface area contributed by atoms with Crippen LogP contribution in [0.5, 0.6) is 5.75 Å². The Labute approximate surface area is 186 Å². The van der Waals surface area contributed by atoms with Crippen molar-refractivity contribution in [2.45, 2.75) is 19.2 Å². The van der Waals surface area contributed by atoms with Gasteiger partial charge in [-0.1, -0.05) is 11.6 Å². The highest BCUT2D eigenvalue weighted by Crippen LogP contribution is 2.32. The first-order chi connectivity index (χ1) is 14.1. The van der Waals surface area contributed by atoms with Gasteiger partial charge in [0.15, 0.2) is 0 Å². The van der Waals surface area contributed by atoms with E-state index in [1.807, 2.05) is 11.8 Å². The topological polar surface area (TPSA) is 48.8 Å². The first kappa shape index (κ1) is 23.1. The average Bonchev–Trinajstić information content (AvgIpc) is 2.67. The SMILES string of the molecule is Cc1cc(Cl)cc(Br)c1OC[C@H](O)CN1CCN(c2ccc(C(F)(F)F)cn2)CC1. The molecule has 1 N–H and O–H groups in total. The van der Waals surface area contributed by atoms with E-state index in [2.05, 4.69) is 25.8 Å². The molecule has 0 spiro atoms. The lowest BCUT2D eigenvalue weighted by Crippen LogP contribution is -2.49. The predicted octanol–water partition coefficient (Wildman–Crippen LogP) is 4.39. The van der Waals surface area contributed by atoms with Crippen molar-refractivity contribution in [3.05, 3.63) is 51.1 Å². The van der Waals surface area contributed by atoms with Gasteiger partial charge in [0.25, 0.3) is 0 Å². The summed E-state index contributed by atoms with van der Waals surface area (Å²) >= 11 is 9.41. The standard InChI is InChI=1S/C20H22BrClF3N3O2/c1-13-8-15(22)9-17(21)19(13)30-12-16(29)11-27-4-6-28(7-5-27)18-3-2-14(10-26-18)20(23,24)25/h2-3,8-10,16,29H,4-7,11-12H2,1H3/t16-/m1/s1. The molecule has 1 aromatic heterocycles. The van der Waals surface area contributed by atoms with Crippen LogP contribution in [0.4, 0.5) is 19.0 Å². The van der Waals surface area contributed by atoms with Gasteiger partial charge in [-0.3, -0.25) is 4.90 Å². The molecule has 2 aromatic rings. The smallest absolute Gasteiger partial charge is 0.417 e. The van der Waals surface area contributed by atoms with E-state index >= 15 is 0 Å². The summed E-state index contributed by atoms with van der Waals surface area (Å²) in [7, 11) is 0. The first-order valence-corrected chi connectivity index (χ1v) is 10.6. The summed E-state index contributed by atoms with van der Waals surface area (Å²) < 4.78 is 44.5. The summed E-state index contributed by atoms with van der Waals surface area (Å²) in [5.41, 5.74) is 0.120. The second-order valence-electron chi connectivity index (χ2n) is 7.19. The molecule has 0 unspecified atom stereocenters. The normalized spacial score (nSPS) is 16.6. The van der Waals surface area contributed by atoms with Crippen LogP contribution in [0.1, 0.15) is 11.1 Å². The van der Waals surface area contributed by atoms with Gasteiger partial charge in [-0.25, -0.2) is 4.98 Å². The molecule has 1 saturated heterocycles. The fourth-order valence-corrected chi connectivity index (χ4v) is 4.38. The number of aryl methyl sites for hydroxylation is 1. The van der Waals surface area contributed by atoms with E-state index in [0.29, 0.717) is 49.3 Å². The van der Waals surface area contributed by atoms with E-state index in [1.54, 1.807) is 12.1 Å². The van der Waals surface area contributed by atoms with Gasteiger partial charge < -0.3 is 14.7 Å². The largest absolute Gasteiger partial charge is 0.489 e. The van der Waals surface area contributed by atoms with Crippen LogP contribution in [0.15, 0.2) is 34.9 Å². The summed E-state index contributed by atoms with van der Waals surface area (Å²) in [6.45, 7) is 5.04. The molecular formula is C20H22BrClF3N3O2. The van der Waals surface area contributed by atoms with Crippen molar-refractivity contribution < 1.29 is 23.0 Å². The number of hydrogen-bond donors (Lipinski definition) is 1. The highest BCUT2D eigenvalue weighted by Gasteiger charge is 2.31. The van der Waals surface area contributed by atoms with E-state index in [9.17, 15) is 18.3 Å². The number of ether oxygens (including phenoxy) is 1. The van der Waals surface area contributed by atoms with Gasteiger partial charge in [0.05, 0.1) is 10.0 Å². The van der Waals surface area contributed by atoms with Crippen molar-refractivity contribution in [1.82, 2.24) is 9.88 Å². The number of halogens is 5. The number of benzene rings is 1. The van der Waals surface area contributed by atoms with Crippen LogP contribution < -0.4 is 9.64 Å². The lowest BCUT2D eigenvalue weighted by atomic mass is 10.2. The molecule has 1 aliphatic heterocycles. The molecule has 0 aliphatic carbocycles. The third kappa shape index (κ3) is 6.00. The first-order valence-electron chi connectivity index (χ1n) is 9.40. The van der Waals surface area contributed by atoms with Crippen molar-refractivity contribution in [3.63, 3.8) is 0 Å². The van der Waals surface area contributed by atoms with Gasteiger partial charge in [0.2, 0.25) is 0 Å². The minimum Gasteiger partial charge on any atom is -0.489 e. The summed E-state index contributed by atoms with van der Waals surface area (Å²) in [5, 5.41) is 11.0. The van der Waals surface area contributed by atoms with Gasteiger partial charge in [-0.05, 0) is 52.7 Å². The van der Waals surface area contributed by atoms with Gasteiger partial charge in [-0.15, -0.1) is 0 Å². The summed E-state index contributed by atoms with van der Waals surface area (Å²) in [4.78, 5) is 7.98. The maximum atomic E-state index is 12.7. The fourth-order valence-electron chi connectivity index (χ4n) is 3.30. The van der Waals surface area contributed by atoms with Crippen LogP contribution in [-0.2, 0) is 6.18 Å². The zero-order chi connectivity index (χ0) is 21.9. The quantitative estimate of drug-likeness (QED) is 0.627. The number of piperazine rings is 1. The van der Waals surface area contributed by atoms with E-state index in [4.69, 9.17) is 16.3 Å². The van der Waals surface area contributed by atoms with Crippen LogP contribution in [0.3, 0.4) is 0 Å². The number of hydrogen-bond acceptors (Lipinski definition) is 5. The summed E-state index contributed by atoms with van der Waals surface area (Å²) in [6, 6.07) is 5.98. The van der Waals surface area contributed by atoms with E-state index in [0.717, 1.165) is 22.3 Å². The van der Waals surface area contributed by atoms with Gasteiger partial charge in [0.1, 0.15) is 24.3 Å². The van der Waals surface area contributed by atoms with Crippen LogP contribution >= 0.6 is 27.5 Å². The lowest BCUT2D eigenvalue weighted by molar-refractivity contribution is -0.137. The lowest BCUT2D eigenvalue weighted by Gasteiger charge is -2.36. The van der Waals surface area contributed by atoms with Crippen LogP contribution in [0.2, 0.25) is 5.02 Å². The van der Waals surface area contributed by atoms with Crippen LogP contribution in [0.25, 0.3) is 0 Å². The van der Waals surface area contributed by atoms with Crippen LogP contribution in [-0.4, -0.2) is 60.4 Å². The number of aliphatic hydroxyl groups is 1. The van der Waals surface area contributed by atoms with Gasteiger partial charge in [-0.2, -0.15) is 13.2 Å². The molecule has 10 heteroatoms. The molecule has 164 valence electrons. The fraction of sp³-hybridized carbons (Fsp3) is 0.450. The molecule has 1 aromatic carbocycles. The molecule has 1 fully saturated rings. The third-order valence-electron chi connectivity index (χ3n) is 4.85. The van der Waals surface area contributed by atoms with Crippen molar-refractivity contribution in [1.29, 1.82) is 0 Å². The van der Waals surface area contributed by atoms with Gasteiger partial charge in [0, 0.05) is 43.9 Å². The number of nitrogens with zero attached hydrogens (tertiary/aromatic N) is 3. The number of β-amino-alcohol motifs (C(OH)–C–C–N with tert-alkyl or cyclic N) is 1. The molecular weight excluding hydrogens is 487 g/mol. The Hall–Kier alpha value is -1.55. The van der Waals surface area contributed by atoms with E-state index in [1.165, 1.54) is 6.07 Å². The predicted molar refractivity (Wildman–Crippen MR) is 113 cm³/mol. The monoisotopic (exact) mass is 507 g/mol. The zero-order valence-electron chi connectivity index (χ0n) is 16.3. The Morgan fingerprint density at radius 2 is 1.93 bits per heavy atom. The molecule has 1 aliphatic rings. The number of anilines is 1. The van der Waals surface area contributed by atoms with Crippen molar-refractivity contribution in [3.8, 4) is 5.75 Å². The number of aliphatic hydroxyl groups excluding tert-OH is 1. The highest BCUT2D eigenvalue weighted by atomic mass is 79.9. The molecule has 0 amide bonds. The number of rotatable bonds is 6. The highest BCUT2D eigenvalue weighted by molar-refractivity contribution is 9.10. The number of alkyl halides is 3. The Morgan fingerprint density at radius 1 is 1.23 bits per heavy atom. The van der Waals surface area contributed by atoms with E-state index in [-0.39, 0.29) is 6.61 Å². The Bertz CT molecular complexity index is 836. The molecule has 3 rings (SSSR count). The Morgan fingerprint density at radius 3 is 2.50 bits per heavy atom. The maximum Gasteiger partial charge on any atom is 0.417 e. The second kappa shape index (κ2) is 9.72. The second-order valence-corrected chi connectivity index (χ2v) is 8.48. The van der Waals surface area contributed by atoms with Crippen molar-refractivity contribution in [2.24, 2.45) is 0 Å². The third-order valence-corrected chi connectivity index (χ3v) is 5.66. The molecule has 5 nitrogen and oxygen atoms in total. The molecule has 1 atom stereocenters. The van der Waals surface area contributed by atoms with Crippen LogP contribution in [0, 0.1) is 6.92 Å². The Kier molecular flexibility index (Phi) is 7.49. The minimum atomic E-state index is -4.39. The molecule has 2 heterocycles. The van der Waals surface area contributed by atoms with Gasteiger partial charge >= 0.3 is 6.18 Å². The number of pyridine rings is 1. The molecule has 30 heavy (non-hydrogen) atoms.